The van der Waals surface area contributed by atoms with Crippen LogP contribution in [-0.2, 0) is 34.0 Å². The smallest absolute Gasteiger partial charge is 0.249 e. The maximum absolute atomic E-state index is 13.4. The molecule has 3 aromatic rings. The second kappa shape index (κ2) is 11.8. The molecule has 1 heterocycles. The number of carbonyl (C=O) groups is 2. The molecule has 2 aromatic carbocycles. The van der Waals surface area contributed by atoms with Gasteiger partial charge < -0.3 is 14.5 Å². The molecular formula is C27H30N2O3S. The van der Waals surface area contributed by atoms with E-state index in [1.165, 1.54) is 0 Å². The lowest BCUT2D eigenvalue weighted by molar-refractivity contribution is -0.144. The molecular weight excluding hydrogens is 432 g/mol. The van der Waals surface area contributed by atoms with Crippen molar-refractivity contribution in [1.29, 1.82) is 0 Å². The molecule has 0 atom stereocenters. The average molecular weight is 463 g/mol. The Morgan fingerprint density at radius 1 is 0.818 bits per heavy atom. The standard InChI is InChI=1S/C27H30N2O3S/c30-26(28(18-25-12-7-15-33-25)16-22-8-3-1-4-9-22)19-29(17-23-13-14-23)27(31)21-32-20-24-10-5-2-6-11-24/h1-12,15,23H,13-14,16-21H2. The van der Waals surface area contributed by atoms with Crippen molar-refractivity contribution in [1.82, 2.24) is 9.80 Å². The van der Waals surface area contributed by atoms with Crippen LogP contribution in [0, 0.1) is 5.92 Å². The van der Waals surface area contributed by atoms with Gasteiger partial charge in [0.15, 0.2) is 0 Å². The number of benzene rings is 2. The third-order valence-electron chi connectivity index (χ3n) is 5.69. The predicted molar refractivity (Wildman–Crippen MR) is 130 cm³/mol. The monoisotopic (exact) mass is 462 g/mol. The quantitative estimate of drug-likeness (QED) is 0.391. The summed E-state index contributed by atoms with van der Waals surface area (Å²) in [5, 5.41) is 2.02. The maximum atomic E-state index is 13.4. The van der Waals surface area contributed by atoms with Crippen molar-refractivity contribution in [2.45, 2.75) is 32.5 Å². The van der Waals surface area contributed by atoms with Crippen LogP contribution in [0.15, 0.2) is 78.2 Å². The lowest BCUT2D eigenvalue weighted by Gasteiger charge is -2.28. The van der Waals surface area contributed by atoms with Gasteiger partial charge in [0.25, 0.3) is 0 Å². The highest BCUT2D eigenvalue weighted by Gasteiger charge is 2.29. The summed E-state index contributed by atoms with van der Waals surface area (Å²) in [7, 11) is 0. The molecule has 5 nitrogen and oxygen atoms in total. The van der Waals surface area contributed by atoms with Gasteiger partial charge in [0.1, 0.15) is 6.61 Å². The third-order valence-corrected chi connectivity index (χ3v) is 6.55. The Hall–Kier alpha value is -2.96. The van der Waals surface area contributed by atoms with Crippen molar-refractivity contribution in [3.63, 3.8) is 0 Å². The number of nitrogens with zero attached hydrogens (tertiary/aromatic N) is 2. The highest BCUT2D eigenvalue weighted by molar-refractivity contribution is 7.09. The zero-order valence-electron chi connectivity index (χ0n) is 18.8. The summed E-state index contributed by atoms with van der Waals surface area (Å²) in [6, 6.07) is 23.8. The summed E-state index contributed by atoms with van der Waals surface area (Å²) in [6.45, 7) is 2.14. The fourth-order valence-electron chi connectivity index (χ4n) is 3.68. The minimum Gasteiger partial charge on any atom is -0.367 e. The number of hydrogen-bond donors (Lipinski definition) is 0. The first kappa shape index (κ1) is 23.2. The normalized spacial score (nSPS) is 13.0. The number of hydrogen-bond acceptors (Lipinski definition) is 4. The van der Waals surface area contributed by atoms with Gasteiger partial charge in [-0.2, -0.15) is 0 Å². The SMILES string of the molecule is O=C(CN(CC1CC1)C(=O)COCc1ccccc1)N(Cc1ccccc1)Cc1cccs1. The highest BCUT2D eigenvalue weighted by atomic mass is 32.1. The molecule has 1 saturated carbocycles. The summed E-state index contributed by atoms with van der Waals surface area (Å²) < 4.78 is 5.67. The first-order valence-corrected chi connectivity index (χ1v) is 12.3. The van der Waals surface area contributed by atoms with E-state index in [1.54, 1.807) is 16.2 Å². The van der Waals surface area contributed by atoms with Crippen LogP contribution in [0.2, 0.25) is 0 Å². The summed E-state index contributed by atoms with van der Waals surface area (Å²) in [4.78, 5) is 31.0. The van der Waals surface area contributed by atoms with Crippen LogP contribution in [0.4, 0.5) is 0 Å². The van der Waals surface area contributed by atoms with Gasteiger partial charge in [-0.15, -0.1) is 11.3 Å². The molecule has 0 unspecified atom stereocenters. The van der Waals surface area contributed by atoms with Gasteiger partial charge in [0.05, 0.1) is 19.7 Å². The molecule has 172 valence electrons. The van der Waals surface area contributed by atoms with Crippen molar-refractivity contribution in [3.05, 3.63) is 94.2 Å². The summed E-state index contributed by atoms with van der Waals surface area (Å²) in [6.07, 6.45) is 2.23. The Bertz CT molecular complexity index is 1000. The molecule has 6 heteroatoms. The molecule has 0 saturated heterocycles. The topological polar surface area (TPSA) is 49.9 Å². The second-order valence-corrected chi connectivity index (χ2v) is 9.54. The third kappa shape index (κ3) is 7.55. The largest absolute Gasteiger partial charge is 0.367 e. The van der Waals surface area contributed by atoms with Crippen LogP contribution < -0.4 is 0 Å². The lowest BCUT2D eigenvalue weighted by atomic mass is 10.2. The fourth-order valence-corrected chi connectivity index (χ4v) is 4.40. The zero-order chi connectivity index (χ0) is 22.9. The van der Waals surface area contributed by atoms with Gasteiger partial charge in [0.2, 0.25) is 11.8 Å². The van der Waals surface area contributed by atoms with Crippen LogP contribution in [0.3, 0.4) is 0 Å². The van der Waals surface area contributed by atoms with Gasteiger partial charge >= 0.3 is 0 Å². The van der Waals surface area contributed by atoms with Crippen LogP contribution in [0.1, 0.15) is 28.8 Å². The van der Waals surface area contributed by atoms with Crippen molar-refractivity contribution >= 4 is 23.2 Å². The second-order valence-electron chi connectivity index (χ2n) is 8.51. The zero-order valence-corrected chi connectivity index (χ0v) is 19.6. The van der Waals surface area contributed by atoms with Gasteiger partial charge in [-0.3, -0.25) is 9.59 Å². The van der Waals surface area contributed by atoms with Gasteiger partial charge in [-0.05, 0) is 41.3 Å². The Kier molecular flexibility index (Phi) is 8.28. The van der Waals surface area contributed by atoms with Crippen LogP contribution >= 0.6 is 11.3 Å². The average Bonchev–Trinajstić information content (AvgIpc) is 3.51. The van der Waals surface area contributed by atoms with E-state index in [9.17, 15) is 9.59 Å². The molecule has 0 radical (unpaired) electrons. The highest BCUT2D eigenvalue weighted by Crippen LogP contribution is 2.30. The maximum Gasteiger partial charge on any atom is 0.249 e. The first-order valence-electron chi connectivity index (χ1n) is 11.4. The van der Waals surface area contributed by atoms with E-state index in [1.807, 2.05) is 83.1 Å². The molecule has 1 aromatic heterocycles. The molecule has 0 aliphatic heterocycles. The number of amides is 2. The van der Waals surface area contributed by atoms with Crippen molar-refractivity contribution < 1.29 is 14.3 Å². The number of carbonyl (C=O) groups excluding carboxylic acids is 2. The molecule has 0 N–H and O–H groups in total. The Balaban J connectivity index is 1.39. The van der Waals surface area contributed by atoms with E-state index in [4.69, 9.17) is 4.74 Å². The minimum atomic E-state index is -0.123. The van der Waals surface area contributed by atoms with E-state index in [2.05, 4.69) is 0 Å². The van der Waals surface area contributed by atoms with Crippen molar-refractivity contribution in [2.75, 3.05) is 19.7 Å². The summed E-state index contributed by atoms with van der Waals surface area (Å²) in [5.74, 6) is 0.335. The first-order chi connectivity index (χ1) is 16.2. The molecule has 1 aliphatic carbocycles. The lowest BCUT2D eigenvalue weighted by Crippen LogP contribution is -2.44. The van der Waals surface area contributed by atoms with Gasteiger partial charge in [-0.1, -0.05) is 66.7 Å². The van der Waals surface area contributed by atoms with Crippen LogP contribution in [0.25, 0.3) is 0 Å². The van der Waals surface area contributed by atoms with E-state index >= 15 is 0 Å². The van der Waals surface area contributed by atoms with E-state index in [-0.39, 0.29) is 25.0 Å². The van der Waals surface area contributed by atoms with Crippen LogP contribution in [0.5, 0.6) is 0 Å². The Morgan fingerprint density at radius 2 is 1.52 bits per heavy atom. The predicted octanol–water partition coefficient (Wildman–Crippen LogP) is 4.73. The van der Waals surface area contributed by atoms with E-state index in [0.29, 0.717) is 32.2 Å². The molecule has 4 rings (SSSR count). The summed E-state index contributed by atoms with van der Waals surface area (Å²) in [5.41, 5.74) is 2.11. The Labute approximate surface area is 199 Å². The van der Waals surface area contributed by atoms with Crippen molar-refractivity contribution in [2.24, 2.45) is 5.92 Å². The molecule has 2 amide bonds. The van der Waals surface area contributed by atoms with Crippen LogP contribution in [-0.4, -0.2) is 41.3 Å². The number of rotatable bonds is 12. The minimum absolute atomic E-state index is 0.0154. The van der Waals surface area contributed by atoms with Crippen molar-refractivity contribution in [3.8, 4) is 0 Å². The van der Waals surface area contributed by atoms with Gasteiger partial charge in [-0.25, -0.2) is 0 Å². The molecule has 33 heavy (non-hydrogen) atoms. The fraction of sp³-hybridized carbons (Fsp3) is 0.333. The van der Waals surface area contributed by atoms with E-state index < -0.39 is 0 Å². The van der Waals surface area contributed by atoms with Gasteiger partial charge in [0, 0.05) is 18.0 Å². The van der Waals surface area contributed by atoms with E-state index in [0.717, 1.165) is 28.8 Å². The number of ether oxygens (including phenoxy) is 1. The molecule has 0 bridgehead atoms. The summed E-state index contributed by atoms with van der Waals surface area (Å²) >= 11 is 1.64. The molecule has 0 spiro atoms. The molecule has 1 fully saturated rings. The molecule has 1 aliphatic rings. The number of thiophene rings is 1. The Morgan fingerprint density at radius 3 is 2.15 bits per heavy atom.